The molecule has 0 saturated carbocycles. The molecule has 0 aromatic heterocycles. The minimum absolute atomic E-state index is 0.0166. The van der Waals surface area contributed by atoms with Gasteiger partial charge in [0.1, 0.15) is 0 Å². The number of likely N-dealkylation sites (tertiary alicyclic amines) is 1. The molecule has 0 aliphatic carbocycles. The van der Waals surface area contributed by atoms with Crippen molar-refractivity contribution in [1.82, 2.24) is 4.90 Å². The summed E-state index contributed by atoms with van der Waals surface area (Å²) in [6, 6.07) is 16.4. The standard InChI is InChI=1S/C29H24F6N2O3/c30-28(31,32)23-14-20(13-22(15-23)21-7-5-19(16-36)6-8-21)17-40-18-27(9-11-37(12-10-27)26(38)39)24-3-1-2-4-25(24)29(33,34)35/h1-8,13-15H,9-12,17-18H2,(H,38,39). The molecular formula is C29H24F6N2O3. The molecule has 0 atom stereocenters. The minimum atomic E-state index is -4.66. The molecule has 1 saturated heterocycles. The number of ether oxygens (including phenoxy) is 1. The molecular weight excluding hydrogens is 538 g/mol. The van der Waals surface area contributed by atoms with Gasteiger partial charge in [-0.05, 0) is 71.5 Å². The van der Waals surface area contributed by atoms with Gasteiger partial charge in [-0.15, -0.1) is 0 Å². The lowest BCUT2D eigenvalue weighted by Gasteiger charge is -2.42. The van der Waals surface area contributed by atoms with Gasteiger partial charge in [-0.2, -0.15) is 31.6 Å². The van der Waals surface area contributed by atoms with E-state index in [0.717, 1.165) is 23.1 Å². The average molecular weight is 563 g/mol. The van der Waals surface area contributed by atoms with E-state index in [-0.39, 0.29) is 55.8 Å². The molecule has 1 N–H and O–H groups in total. The SMILES string of the molecule is N#Cc1ccc(-c2cc(COCC3(c4ccccc4C(F)(F)F)CCN(C(=O)O)CC3)cc(C(F)(F)F)c2)cc1. The van der Waals surface area contributed by atoms with Gasteiger partial charge in [0.05, 0.1) is 36.0 Å². The normalized spacial score (nSPS) is 15.5. The number of hydrogen-bond acceptors (Lipinski definition) is 3. The molecule has 1 aliphatic rings. The molecule has 0 radical (unpaired) electrons. The first-order valence-electron chi connectivity index (χ1n) is 12.3. The molecule has 11 heteroatoms. The molecule has 4 rings (SSSR count). The zero-order chi connectivity index (χ0) is 29.1. The van der Waals surface area contributed by atoms with Crippen molar-refractivity contribution >= 4 is 6.09 Å². The number of halogens is 6. The van der Waals surface area contributed by atoms with E-state index in [1.165, 1.54) is 48.5 Å². The third kappa shape index (κ3) is 6.39. The third-order valence-corrected chi connectivity index (χ3v) is 7.11. The van der Waals surface area contributed by atoms with Crippen molar-refractivity contribution in [1.29, 1.82) is 5.26 Å². The summed E-state index contributed by atoms with van der Waals surface area (Å²) in [4.78, 5) is 12.5. The van der Waals surface area contributed by atoms with Crippen LogP contribution in [0.2, 0.25) is 0 Å². The van der Waals surface area contributed by atoms with Gasteiger partial charge in [-0.3, -0.25) is 0 Å². The van der Waals surface area contributed by atoms with E-state index in [1.54, 1.807) is 0 Å². The van der Waals surface area contributed by atoms with E-state index in [2.05, 4.69) is 0 Å². The van der Waals surface area contributed by atoms with Crippen LogP contribution in [0.25, 0.3) is 11.1 Å². The Morgan fingerprint density at radius 1 is 0.925 bits per heavy atom. The van der Waals surface area contributed by atoms with Crippen molar-refractivity contribution in [3.8, 4) is 17.2 Å². The van der Waals surface area contributed by atoms with E-state index < -0.39 is 35.0 Å². The molecule has 0 spiro atoms. The van der Waals surface area contributed by atoms with Crippen LogP contribution in [-0.4, -0.2) is 35.8 Å². The van der Waals surface area contributed by atoms with Gasteiger partial charge < -0.3 is 14.7 Å². The first-order chi connectivity index (χ1) is 18.8. The van der Waals surface area contributed by atoms with Crippen LogP contribution in [0.1, 0.15) is 40.7 Å². The van der Waals surface area contributed by atoms with Crippen molar-refractivity contribution < 1.29 is 41.0 Å². The lowest BCUT2D eigenvalue weighted by atomic mass is 9.71. The Kier molecular flexibility index (Phi) is 8.12. The minimum Gasteiger partial charge on any atom is -0.465 e. The molecule has 0 unspecified atom stereocenters. The lowest BCUT2D eigenvalue weighted by molar-refractivity contribution is -0.139. The first-order valence-corrected chi connectivity index (χ1v) is 12.3. The Morgan fingerprint density at radius 2 is 1.57 bits per heavy atom. The third-order valence-electron chi connectivity index (χ3n) is 7.11. The molecule has 0 bridgehead atoms. The summed E-state index contributed by atoms with van der Waals surface area (Å²) in [7, 11) is 0. The highest BCUT2D eigenvalue weighted by molar-refractivity contribution is 5.66. The van der Waals surface area contributed by atoms with Crippen molar-refractivity contribution in [3.63, 3.8) is 0 Å². The largest absolute Gasteiger partial charge is 0.465 e. The summed E-state index contributed by atoms with van der Waals surface area (Å²) in [6.07, 6.45) is -10.4. The lowest BCUT2D eigenvalue weighted by Crippen LogP contribution is -2.47. The van der Waals surface area contributed by atoms with Crippen molar-refractivity contribution in [2.24, 2.45) is 0 Å². The predicted molar refractivity (Wildman–Crippen MR) is 133 cm³/mol. The quantitative estimate of drug-likeness (QED) is 0.316. The fourth-order valence-corrected chi connectivity index (χ4v) is 5.02. The van der Waals surface area contributed by atoms with Crippen LogP contribution < -0.4 is 0 Å². The summed E-state index contributed by atoms with van der Waals surface area (Å²) >= 11 is 0. The Balaban J connectivity index is 1.64. The number of nitriles is 1. The number of carboxylic acid groups (broad SMARTS) is 1. The van der Waals surface area contributed by atoms with E-state index in [0.29, 0.717) is 11.1 Å². The number of alkyl halides is 6. The van der Waals surface area contributed by atoms with Crippen LogP contribution in [0.3, 0.4) is 0 Å². The Morgan fingerprint density at radius 3 is 2.15 bits per heavy atom. The molecule has 1 heterocycles. The van der Waals surface area contributed by atoms with Crippen LogP contribution in [0.4, 0.5) is 31.1 Å². The number of hydrogen-bond donors (Lipinski definition) is 1. The van der Waals surface area contributed by atoms with Gasteiger partial charge in [0.2, 0.25) is 0 Å². The maximum absolute atomic E-state index is 13.9. The molecule has 40 heavy (non-hydrogen) atoms. The zero-order valence-corrected chi connectivity index (χ0v) is 21.0. The number of piperidine rings is 1. The highest BCUT2D eigenvalue weighted by Gasteiger charge is 2.44. The van der Waals surface area contributed by atoms with Crippen LogP contribution in [0.15, 0.2) is 66.7 Å². The van der Waals surface area contributed by atoms with Crippen molar-refractivity contribution in [3.05, 3.63) is 94.5 Å². The first kappa shape index (κ1) is 29.0. The Bertz CT molecular complexity index is 1400. The smallest absolute Gasteiger partial charge is 0.416 e. The monoisotopic (exact) mass is 562 g/mol. The average Bonchev–Trinajstić information content (AvgIpc) is 2.92. The fourth-order valence-electron chi connectivity index (χ4n) is 5.02. The van der Waals surface area contributed by atoms with Crippen molar-refractivity contribution in [2.45, 2.75) is 37.2 Å². The van der Waals surface area contributed by atoms with E-state index in [9.17, 15) is 36.2 Å². The maximum Gasteiger partial charge on any atom is 0.416 e. The van der Waals surface area contributed by atoms with Gasteiger partial charge >= 0.3 is 18.4 Å². The van der Waals surface area contributed by atoms with E-state index in [1.807, 2.05) is 6.07 Å². The van der Waals surface area contributed by atoms with Crippen LogP contribution in [0, 0.1) is 11.3 Å². The fraction of sp³-hybridized carbons (Fsp3) is 0.310. The second-order valence-electron chi connectivity index (χ2n) is 9.69. The Hall–Kier alpha value is -4.04. The van der Waals surface area contributed by atoms with Gasteiger partial charge in [0.25, 0.3) is 0 Å². The number of rotatable bonds is 6. The summed E-state index contributed by atoms with van der Waals surface area (Å²) in [6.45, 7) is -0.601. The molecule has 1 amide bonds. The topological polar surface area (TPSA) is 73.6 Å². The van der Waals surface area contributed by atoms with Crippen LogP contribution >= 0.6 is 0 Å². The highest BCUT2D eigenvalue weighted by atomic mass is 19.4. The second-order valence-corrected chi connectivity index (χ2v) is 9.69. The number of carbonyl (C=O) groups is 1. The summed E-state index contributed by atoms with van der Waals surface area (Å²) in [5.74, 6) is 0. The second kappa shape index (κ2) is 11.2. The summed E-state index contributed by atoms with van der Waals surface area (Å²) in [5, 5.41) is 18.3. The number of amides is 1. The van der Waals surface area contributed by atoms with Gasteiger partial charge in [0.15, 0.2) is 0 Å². The van der Waals surface area contributed by atoms with Crippen LogP contribution in [-0.2, 0) is 29.1 Å². The number of nitrogens with zero attached hydrogens (tertiary/aromatic N) is 2. The Labute approximate surface area is 226 Å². The van der Waals surface area contributed by atoms with E-state index in [4.69, 9.17) is 10.00 Å². The van der Waals surface area contributed by atoms with Gasteiger partial charge in [-0.25, -0.2) is 4.79 Å². The van der Waals surface area contributed by atoms with E-state index >= 15 is 0 Å². The van der Waals surface area contributed by atoms with Gasteiger partial charge in [-0.1, -0.05) is 30.3 Å². The maximum atomic E-state index is 13.9. The molecule has 210 valence electrons. The molecule has 5 nitrogen and oxygen atoms in total. The summed E-state index contributed by atoms with van der Waals surface area (Å²) < 4.78 is 88.6. The van der Waals surface area contributed by atoms with Crippen molar-refractivity contribution in [2.75, 3.05) is 19.7 Å². The van der Waals surface area contributed by atoms with Gasteiger partial charge in [0, 0.05) is 18.5 Å². The molecule has 3 aromatic carbocycles. The van der Waals surface area contributed by atoms with Crippen LogP contribution in [0.5, 0.6) is 0 Å². The number of benzene rings is 3. The predicted octanol–water partition coefficient (Wildman–Crippen LogP) is 7.49. The molecule has 3 aromatic rings. The zero-order valence-electron chi connectivity index (χ0n) is 21.0. The highest BCUT2D eigenvalue weighted by Crippen LogP contribution is 2.43. The molecule has 1 aliphatic heterocycles. The molecule has 1 fully saturated rings. The summed E-state index contributed by atoms with van der Waals surface area (Å²) in [5.41, 5.74) is -1.81.